The molecule has 5 heteroatoms. The second-order valence-electron chi connectivity index (χ2n) is 8.51. The highest BCUT2D eigenvalue weighted by atomic mass is 16.5. The summed E-state index contributed by atoms with van der Waals surface area (Å²) in [7, 11) is 1.68. The van der Waals surface area contributed by atoms with Gasteiger partial charge in [-0.1, -0.05) is 78.9 Å². The molecule has 2 heterocycles. The number of hydrogen-bond donors (Lipinski definition) is 0. The molecule has 4 aromatic carbocycles. The van der Waals surface area contributed by atoms with Gasteiger partial charge in [0.1, 0.15) is 5.75 Å². The molecule has 5 nitrogen and oxygen atoms in total. The maximum absolute atomic E-state index is 5.34. The van der Waals surface area contributed by atoms with Crippen molar-refractivity contribution in [3.63, 3.8) is 0 Å². The van der Waals surface area contributed by atoms with E-state index in [1.54, 1.807) is 7.11 Å². The maximum Gasteiger partial charge on any atom is 0.247 e. The van der Waals surface area contributed by atoms with Crippen LogP contribution >= 0.6 is 0 Å². The van der Waals surface area contributed by atoms with Crippen molar-refractivity contribution in [3.05, 3.63) is 120 Å². The standard InChI is InChI=1S/C30H24N4O/c1-35-24-18-16-21(17-19-24)27-20-28(22-10-4-2-5-11-22)34(33-27)30-31-26-15-9-8-14-25(26)29(32-30)23-12-6-3-7-13-23/h2-19,28H,20H2,1H3/t28-/m0/s1. The summed E-state index contributed by atoms with van der Waals surface area (Å²) < 4.78 is 5.34. The molecule has 1 aliphatic heterocycles. The van der Waals surface area contributed by atoms with E-state index in [0.29, 0.717) is 5.95 Å². The Morgan fingerprint density at radius 1 is 0.714 bits per heavy atom. The lowest BCUT2D eigenvalue weighted by Gasteiger charge is -2.23. The fourth-order valence-electron chi connectivity index (χ4n) is 4.57. The SMILES string of the molecule is COc1ccc(C2=NN(c3nc(-c4ccccc4)c4ccccc4n3)[C@H](c3ccccc3)C2)cc1. The molecule has 0 amide bonds. The molecule has 1 aromatic heterocycles. The zero-order valence-corrected chi connectivity index (χ0v) is 19.4. The van der Waals surface area contributed by atoms with Gasteiger partial charge in [0.2, 0.25) is 5.95 Å². The largest absolute Gasteiger partial charge is 0.497 e. The number of hydrogen-bond acceptors (Lipinski definition) is 5. The highest BCUT2D eigenvalue weighted by Gasteiger charge is 2.32. The number of fused-ring (bicyclic) bond motifs is 1. The summed E-state index contributed by atoms with van der Waals surface area (Å²) in [6, 6.07) is 36.9. The third-order valence-electron chi connectivity index (χ3n) is 6.36. The van der Waals surface area contributed by atoms with Gasteiger partial charge in [0.15, 0.2) is 0 Å². The van der Waals surface area contributed by atoms with E-state index in [-0.39, 0.29) is 6.04 Å². The molecule has 0 bridgehead atoms. The minimum atomic E-state index is -0.00177. The van der Waals surface area contributed by atoms with E-state index in [1.807, 2.05) is 59.6 Å². The van der Waals surface area contributed by atoms with E-state index < -0.39 is 0 Å². The summed E-state index contributed by atoms with van der Waals surface area (Å²) in [6.07, 6.45) is 0.757. The topological polar surface area (TPSA) is 50.6 Å². The van der Waals surface area contributed by atoms with Crippen molar-refractivity contribution in [2.24, 2.45) is 5.10 Å². The second-order valence-corrected chi connectivity index (χ2v) is 8.51. The van der Waals surface area contributed by atoms with Gasteiger partial charge in [-0.2, -0.15) is 5.10 Å². The van der Waals surface area contributed by atoms with Crippen LogP contribution in [0.4, 0.5) is 5.95 Å². The average molecular weight is 457 g/mol. The molecule has 0 saturated heterocycles. The summed E-state index contributed by atoms with van der Waals surface area (Å²) in [5.41, 5.74) is 6.11. The number of hydrazone groups is 1. The van der Waals surface area contributed by atoms with Crippen LogP contribution in [0.5, 0.6) is 5.75 Å². The van der Waals surface area contributed by atoms with E-state index in [1.165, 1.54) is 5.56 Å². The average Bonchev–Trinajstić information content (AvgIpc) is 3.39. The number of methoxy groups -OCH3 is 1. The molecule has 0 radical (unpaired) electrons. The van der Waals surface area contributed by atoms with Gasteiger partial charge in [-0.05, 0) is 41.5 Å². The molecule has 35 heavy (non-hydrogen) atoms. The quantitative estimate of drug-likeness (QED) is 0.297. The van der Waals surface area contributed by atoms with Gasteiger partial charge in [0.25, 0.3) is 0 Å². The lowest BCUT2D eigenvalue weighted by Crippen LogP contribution is -2.21. The summed E-state index contributed by atoms with van der Waals surface area (Å²) >= 11 is 0. The zero-order chi connectivity index (χ0) is 23.6. The fraction of sp³-hybridized carbons (Fsp3) is 0.100. The first-order valence-corrected chi connectivity index (χ1v) is 11.7. The maximum atomic E-state index is 5.34. The Kier molecular flexibility index (Phi) is 5.43. The number of ether oxygens (including phenoxy) is 1. The molecule has 5 aromatic rings. The molecule has 0 aliphatic carbocycles. The fourth-order valence-corrected chi connectivity index (χ4v) is 4.57. The van der Waals surface area contributed by atoms with Crippen molar-refractivity contribution in [3.8, 4) is 17.0 Å². The van der Waals surface area contributed by atoms with E-state index in [4.69, 9.17) is 19.8 Å². The molecule has 6 rings (SSSR count). The molecular weight excluding hydrogens is 432 g/mol. The Labute approximate surface area is 204 Å². The predicted molar refractivity (Wildman–Crippen MR) is 141 cm³/mol. The van der Waals surface area contributed by atoms with Gasteiger partial charge >= 0.3 is 0 Å². The number of aromatic nitrogens is 2. The second kappa shape index (κ2) is 9.03. The van der Waals surface area contributed by atoms with Crippen molar-refractivity contribution < 1.29 is 4.74 Å². The number of anilines is 1. The number of nitrogens with zero attached hydrogens (tertiary/aromatic N) is 4. The van der Waals surface area contributed by atoms with Gasteiger partial charge in [-0.25, -0.2) is 15.0 Å². The molecular formula is C30H24N4O. The van der Waals surface area contributed by atoms with Crippen LogP contribution < -0.4 is 9.75 Å². The summed E-state index contributed by atoms with van der Waals surface area (Å²) in [6.45, 7) is 0. The van der Waals surface area contributed by atoms with Crippen LogP contribution in [-0.4, -0.2) is 22.8 Å². The minimum Gasteiger partial charge on any atom is -0.497 e. The molecule has 170 valence electrons. The molecule has 0 fully saturated rings. The third kappa shape index (κ3) is 4.02. The van der Waals surface area contributed by atoms with Gasteiger partial charge in [0, 0.05) is 17.4 Å². The van der Waals surface area contributed by atoms with Crippen LogP contribution in [0.2, 0.25) is 0 Å². The summed E-state index contributed by atoms with van der Waals surface area (Å²) in [4.78, 5) is 10.0. The smallest absolute Gasteiger partial charge is 0.247 e. The first kappa shape index (κ1) is 21.1. The van der Waals surface area contributed by atoms with Crippen LogP contribution in [-0.2, 0) is 0 Å². The number of rotatable bonds is 5. The summed E-state index contributed by atoms with van der Waals surface area (Å²) in [5, 5.41) is 8.07. The minimum absolute atomic E-state index is 0.00177. The van der Waals surface area contributed by atoms with Crippen LogP contribution in [0.1, 0.15) is 23.6 Å². The van der Waals surface area contributed by atoms with Crippen molar-refractivity contribution in [2.75, 3.05) is 12.1 Å². The molecule has 0 unspecified atom stereocenters. The molecule has 1 atom stereocenters. The monoisotopic (exact) mass is 456 g/mol. The predicted octanol–water partition coefficient (Wildman–Crippen LogP) is 6.66. The third-order valence-corrected chi connectivity index (χ3v) is 6.36. The molecule has 1 aliphatic rings. The number of benzene rings is 4. The van der Waals surface area contributed by atoms with E-state index in [2.05, 4.69) is 54.6 Å². The molecule has 0 saturated carbocycles. The first-order chi connectivity index (χ1) is 17.3. The van der Waals surface area contributed by atoms with Crippen LogP contribution in [0.15, 0.2) is 114 Å². The normalized spacial score (nSPS) is 15.3. The Balaban J connectivity index is 1.51. The van der Waals surface area contributed by atoms with Gasteiger partial charge in [-0.3, -0.25) is 0 Å². The molecule has 0 spiro atoms. The van der Waals surface area contributed by atoms with Gasteiger partial charge < -0.3 is 4.74 Å². The lowest BCUT2D eigenvalue weighted by molar-refractivity contribution is 0.415. The van der Waals surface area contributed by atoms with Crippen LogP contribution in [0, 0.1) is 0 Å². The van der Waals surface area contributed by atoms with E-state index in [9.17, 15) is 0 Å². The lowest BCUT2D eigenvalue weighted by atomic mass is 9.98. The Morgan fingerprint density at radius 3 is 2.14 bits per heavy atom. The Morgan fingerprint density at radius 2 is 1.40 bits per heavy atom. The van der Waals surface area contributed by atoms with Crippen molar-refractivity contribution in [1.82, 2.24) is 9.97 Å². The Bertz CT molecular complexity index is 1500. The highest BCUT2D eigenvalue weighted by molar-refractivity contribution is 6.03. The summed E-state index contributed by atoms with van der Waals surface area (Å²) in [5.74, 6) is 1.43. The van der Waals surface area contributed by atoms with Crippen molar-refractivity contribution >= 4 is 22.6 Å². The van der Waals surface area contributed by atoms with Crippen LogP contribution in [0.25, 0.3) is 22.2 Å². The highest BCUT2D eigenvalue weighted by Crippen LogP contribution is 2.37. The van der Waals surface area contributed by atoms with E-state index in [0.717, 1.165) is 45.6 Å². The van der Waals surface area contributed by atoms with Crippen molar-refractivity contribution in [2.45, 2.75) is 12.5 Å². The van der Waals surface area contributed by atoms with Gasteiger partial charge in [-0.15, -0.1) is 0 Å². The van der Waals surface area contributed by atoms with E-state index >= 15 is 0 Å². The van der Waals surface area contributed by atoms with Crippen molar-refractivity contribution in [1.29, 1.82) is 0 Å². The first-order valence-electron chi connectivity index (χ1n) is 11.7. The van der Waals surface area contributed by atoms with Gasteiger partial charge in [0.05, 0.1) is 30.1 Å². The molecule has 0 N–H and O–H groups in total. The Hall–Kier alpha value is -4.51. The zero-order valence-electron chi connectivity index (χ0n) is 19.4. The number of para-hydroxylation sites is 1. The van der Waals surface area contributed by atoms with Crippen LogP contribution in [0.3, 0.4) is 0 Å².